The zero-order chi connectivity index (χ0) is 12.5. The van der Waals surface area contributed by atoms with Crippen molar-refractivity contribution >= 4 is 17.6 Å². The number of carboxylic acids is 1. The number of primary amides is 1. The lowest BCUT2D eigenvalue weighted by atomic mass is 10.3. The molecule has 0 unspecified atom stereocenters. The summed E-state index contributed by atoms with van der Waals surface area (Å²) in [6.45, 7) is 1.27. The van der Waals surface area contributed by atoms with E-state index in [4.69, 9.17) is 10.8 Å². The number of carboxylic acid groups (broad SMARTS) is 1. The van der Waals surface area contributed by atoms with E-state index in [-0.39, 0.29) is 0 Å². The number of amides is 1. The Hall–Kier alpha value is -2.45. The third kappa shape index (κ3) is 1.97. The lowest BCUT2D eigenvalue weighted by molar-refractivity contribution is -0.385. The van der Waals surface area contributed by atoms with Crippen LogP contribution in [-0.4, -0.2) is 31.7 Å². The minimum Gasteiger partial charge on any atom is -0.480 e. The van der Waals surface area contributed by atoms with Crippen LogP contribution in [-0.2, 0) is 4.79 Å². The molecule has 0 spiro atoms. The van der Waals surface area contributed by atoms with Crippen LogP contribution >= 0.6 is 0 Å². The van der Waals surface area contributed by atoms with Gasteiger partial charge in [0.2, 0.25) is 5.69 Å². The van der Waals surface area contributed by atoms with Crippen LogP contribution < -0.4 is 5.73 Å². The second kappa shape index (κ2) is 3.96. The van der Waals surface area contributed by atoms with E-state index in [0.717, 1.165) is 10.9 Å². The highest BCUT2D eigenvalue weighted by atomic mass is 16.6. The van der Waals surface area contributed by atoms with Crippen LogP contribution in [0.4, 0.5) is 5.69 Å². The third-order valence-corrected chi connectivity index (χ3v) is 1.90. The molecule has 0 fully saturated rings. The maximum atomic E-state index is 10.8. The van der Waals surface area contributed by atoms with Gasteiger partial charge in [-0.05, 0) is 6.92 Å². The van der Waals surface area contributed by atoms with Crippen LogP contribution in [0, 0.1) is 10.1 Å². The molecule has 1 rings (SSSR count). The lowest BCUT2D eigenvalue weighted by Crippen LogP contribution is -2.18. The largest absolute Gasteiger partial charge is 0.480 e. The molecule has 3 N–H and O–H groups in total. The zero-order valence-corrected chi connectivity index (χ0v) is 8.15. The van der Waals surface area contributed by atoms with E-state index in [1.54, 1.807) is 0 Å². The fraction of sp³-hybridized carbons (Fsp3) is 0.286. The van der Waals surface area contributed by atoms with Gasteiger partial charge in [-0.3, -0.25) is 19.6 Å². The molecule has 0 aliphatic carbocycles. The topological polar surface area (TPSA) is 141 Å². The molecule has 86 valence electrons. The van der Waals surface area contributed by atoms with Crippen molar-refractivity contribution in [1.82, 2.24) is 9.78 Å². The SMILES string of the molecule is C[C@H](C(=O)O)n1cc([N+](=O)[O-])c(C(N)=O)n1. The van der Waals surface area contributed by atoms with Crippen molar-refractivity contribution in [3.63, 3.8) is 0 Å². The Labute approximate surface area is 88.6 Å². The Balaban J connectivity index is 3.26. The van der Waals surface area contributed by atoms with Crippen molar-refractivity contribution in [2.45, 2.75) is 13.0 Å². The van der Waals surface area contributed by atoms with Crippen LogP contribution in [0.3, 0.4) is 0 Å². The molecular formula is C7H8N4O5. The molecule has 0 saturated heterocycles. The van der Waals surface area contributed by atoms with E-state index in [9.17, 15) is 19.7 Å². The predicted octanol–water partition coefficient (Wildman–Crippen LogP) is -0.464. The minimum atomic E-state index is -1.23. The molecule has 1 aromatic rings. The van der Waals surface area contributed by atoms with Gasteiger partial charge in [-0.2, -0.15) is 5.10 Å². The molecule has 1 heterocycles. The number of hydrogen-bond donors (Lipinski definition) is 2. The smallest absolute Gasteiger partial charge is 0.328 e. The minimum absolute atomic E-state index is 0.557. The maximum Gasteiger partial charge on any atom is 0.328 e. The first kappa shape index (κ1) is 11.6. The predicted molar refractivity (Wildman–Crippen MR) is 49.7 cm³/mol. The van der Waals surface area contributed by atoms with E-state index in [1.165, 1.54) is 6.92 Å². The standard InChI is InChI=1S/C7H8N4O5/c1-3(7(13)14)10-2-4(11(15)16)5(9-10)6(8)12/h2-3H,1H3,(H2,8,12)(H,13,14)/t3-/m1/s1. The molecule has 0 radical (unpaired) electrons. The van der Waals surface area contributed by atoms with Crippen molar-refractivity contribution in [3.05, 3.63) is 22.0 Å². The summed E-state index contributed by atoms with van der Waals surface area (Å²) in [5.74, 6) is -2.31. The lowest BCUT2D eigenvalue weighted by Gasteiger charge is -2.04. The highest BCUT2D eigenvalue weighted by molar-refractivity contribution is 5.94. The number of carbonyl (C=O) groups is 2. The van der Waals surface area contributed by atoms with Gasteiger partial charge in [-0.15, -0.1) is 0 Å². The molecule has 1 aromatic heterocycles. The number of rotatable bonds is 4. The van der Waals surface area contributed by atoms with Gasteiger partial charge < -0.3 is 10.8 Å². The zero-order valence-electron chi connectivity index (χ0n) is 8.15. The summed E-state index contributed by atoms with van der Waals surface area (Å²) in [5, 5.41) is 22.7. The van der Waals surface area contributed by atoms with Gasteiger partial charge in [0, 0.05) is 0 Å². The third-order valence-electron chi connectivity index (χ3n) is 1.90. The molecule has 0 aromatic carbocycles. The van der Waals surface area contributed by atoms with E-state index in [0.29, 0.717) is 0 Å². The second-order valence-corrected chi connectivity index (χ2v) is 2.98. The number of aliphatic carboxylic acids is 1. The quantitative estimate of drug-likeness (QED) is 0.527. The summed E-state index contributed by atoms with van der Waals surface area (Å²) in [6, 6.07) is -1.12. The number of nitro groups is 1. The highest BCUT2D eigenvalue weighted by Crippen LogP contribution is 2.18. The molecule has 0 aliphatic rings. The molecule has 1 atom stereocenters. The summed E-state index contributed by atoms with van der Waals surface area (Å²) >= 11 is 0. The van der Waals surface area contributed by atoms with Crippen molar-refractivity contribution in [2.24, 2.45) is 5.73 Å². The molecule has 0 aliphatic heterocycles. The molecule has 16 heavy (non-hydrogen) atoms. The van der Waals surface area contributed by atoms with Crippen LogP contribution in [0.5, 0.6) is 0 Å². The first-order valence-electron chi connectivity index (χ1n) is 4.10. The number of aromatic nitrogens is 2. The summed E-state index contributed by atoms with van der Waals surface area (Å²) in [4.78, 5) is 31.1. The van der Waals surface area contributed by atoms with Gasteiger partial charge >= 0.3 is 11.7 Å². The highest BCUT2D eigenvalue weighted by Gasteiger charge is 2.26. The van der Waals surface area contributed by atoms with Crippen molar-refractivity contribution in [1.29, 1.82) is 0 Å². The Bertz CT molecular complexity index is 434. The maximum absolute atomic E-state index is 10.8. The molecule has 9 nitrogen and oxygen atoms in total. The van der Waals surface area contributed by atoms with E-state index in [1.807, 2.05) is 0 Å². The summed E-state index contributed by atoms with van der Waals surface area (Å²) in [6.07, 6.45) is 0.860. The first-order chi connectivity index (χ1) is 7.34. The van der Waals surface area contributed by atoms with Crippen molar-refractivity contribution < 1.29 is 19.6 Å². The van der Waals surface area contributed by atoms with Crippen molar-refractivity contribution in [2.75, 3.05) is 0 Å². The molecular weight excluding hydrogens is 220 g/mol. The fourth-order valence-corrected chi connectivity index (χ4v) is 1.00. The van der Waals surface area contributed by atoms with E-state index >= 15 is 0 Å². The second-order valence-electron chi connectivity index (χ2n) is 2.98. The van der Waals surface area contributed by atoms with Crippen LogP contribution in [0.2, 0.25) is 0 Å². The normalized spacial score (nSPS) is 12.1. The van der Waals surface area contributed by atoms with Gasteiger partial charge in [0.1, 0.15) is 12.2 Å². The van der Waals surface area contributed by atoms with Crippen LogP contribution in [0.15, 0.2) is 6.20 Å². The summed E-state index contributed by atoms with van der Waals surface area (Å²) < 4.78 is 0.806. The first-order valence-corrected chi connectivity index (χ1v) is 4.10. The van der Waals surface area contributed by atoms with Gasteiger partial charge in [0.25, 0.3) is 5.91 Å². The van der Waals surface area contributed by atoms with Gasteiger partial charge in [0.05, 0.1) is 4.92 Å². The average Bonchev–Trinajstić information content (AvgIpc) is 2.60. The Kier molecular flexibility index (Phi) is 2.88. The Morgan fingerprint density at radius 1 is 1.69 bits per heavy atom. The van der Waals surface area contributed by atoms with Gasteiger partial charge in [-0.1, -0.05) is 0 Å². The average molecular weight is 228 g/mol. The number of nitrogens with two attached hydrogens (primary N) is 1. The Morgan fingerprint density at radius 3 is 2.56 bits per heavy atom. The van der Waals surface area contributed by atoms with Crippen LogP contribution in [0.25, 0.3) is 0 Å². The van der Waals surface area contributed by atoms with E-state index in [2.05, 4.69) is 5.10 Å². The van der Waals surface area contributed by atoms with Gasteiger partial charge in [-0.25, -0.2) is 4.79 Å². The number of hydrogen-bond acceptors (Lipinski definition) is 5. The Morgan fingerprint density at radius 2 is 2.25 bits per heavy atom. The number of nitrogens with zero attached hydrogens (tertiary/aromatic N) is 3. The molecule has 1 amide bonds. The molecule has 9 heteroatoms. The van der Waals surface area contributed by atoms with Crippen molar-refractivity contribution in [3.8, 4) is 0 Å². The monoisotopic (exact) mass is 228 g/mol. The van der Waals surface area contributed by atoms with Crippen LogP contribution in [0.1, 0.15) is 23.5 Å². The molecule has 0 saturated carbocycles. The summed E-state index contributed by atoms with van der Waals surface area (Å²) in [7, 11) is 0. The number of carbonyl (C=O) groups excluding carboxylic acids is 1. The van der Waals surface area contributed by atoms with Gasteiger partial charge in [0.15, 0.2) is 0 Å². The van der Waals surface area contributed by atoms with E-state index < -0.39 is 34.2 Å². The fourth-order valence-electron chi connectivity index (χ4n) is 1.00. The summed E-state index contributed by atoms with van der Waals surface area (Å²) in [5.41, 5.74) is 3.71. The molecule has 0 bridgehead atoms.